The molecule has 31 heavy (non-hydrogen) atoms. The molecule has 0 radical (unpaired) electrons. The number of hydrogen-bond acceptors (Lipinski definition) is 8. The zero-order valence-electron chi connectivity index (χ0n) is 16.7. The second-order valence-corrected chi connectivity index (χ2v) is 8.24. The van der Waals surface area contributed by atoms with E-state index >= 15 is 0 Å². The lowest BCUT2D eigenvalue weighted by Gasteiger charge is -2.11. The van der Waals surface area contributed by atoms with E-state index in [1.54, 1.807) is 24.5 Å². The van der Waals surface area contributed by atoms with E-state index < -0.39 is 0 Å². The second kappa shape index (κ2) is 8.03. The Balaban J connectivity index is 1.32. The van der Waals surface area contributed by atoms with Crippen molar-refractivity contribution in [2.45, 2.75) is 31.0 Å². The van der Waals surface area contributed by atoms with Crippen molar-refractivity contribution < 1.29 is 19.1 Å². The Kier molecular flexibility index (Phi) is 5.06. The lowest BCUT2D eigenvalue weighted by molar-refractivity contribution is -0.113. The van der Waals surface area contributed by atoms with Crippen LogP contribution in [0.1, 0.15) is 36.2 Å². The fourth-order valence-electron chi connectivity index (χ4n) is 3.38. The number of thioether (sulfide) groups is 1. The summed E-state index contributed by atoms with van der Waals surface area (Å²) >= 11 is 1.31. The van der Waals surface area contributed by atoms with Gasteiger partial charge in [0.05, 0.1) is 11.4 Å². The molecule has 1 aliphatic heterocycles. The molecular formula is C21H19N5O4S. The average molecular weight is 437 g/mol. The van der Waals surface area contributed by atoms with Crippen LogP contribution < -0.4 is 14.8 Å². The maximum Gasteiger partial charge on any atom is 0.234 e. The van der Waals surface area contributed by atoms with Gasteiger partial charge in [0.15, 0.2) is 28.3 Å². The fourth-order valence-corrected chi connectivity index (χ4v) is 4.19. The van der Waals surface area contributed by atoms with Gasteiger partial charge >= 0.3 is 0 Å². The number of nitrogens with zero attached hydrogens (tertiary/aromatic N) is 4. The smallest absolute Gasteiger partial charge is 0.234 e. The highest BCUT2D eigenvalue weighted by atomic mass is 32.2. The van der Waals surface area contributed by atoms with Gasteiger partial charge in [-0.2, -0.15) is 0 Å². The molecule has 2 aromatic heterocycles. The van der Waals surface area contributed by atoms with Crippen LogP contribution in [0, 0.1) is 0 Å². The van der Waals surface area contributed by atoms with E-state index in [1.165, 1.54) is 18.7 Å². The zero-order valence-corrected chi connectivity index (χ0v) is 17.5. The Hall–Kier alpha value is -3.40. The van der Waals surface area contributed by atoms with Gasteiger partial charge in [-0.3, -0.25) is 19.1 Å². The molecule has 9 nitrogen and oxygen atoms in total. The molecule has 0 atom stereocenters. The number of amides is 1. The Morgan fingerprint density at radius 3 is 2.74 bits per heavy atom. The number of carbonyl (C=O) groups is 2. The Morgan fingerprint density at radius 2 is 2.03 bits per heavy atom. The molecule has 0 unspecified atom stereocenters. The zero-order chi connectivity index (χ0) is 21.4. The van der Waals surface area contributed by atoms with Crippen LogP contribution in [0.5, 0.6) is 11.5 Å². The number of benzene rings is 1. The van der Waals surface area contributed by atoms with Crippen molar-refractivity contribution in [3.8, 4) is 22.9 Å². The number of ether oxygens (including phenoxy) is 2. The molecule has 0 bridgehead atoms. The monoisotopic (exact) mass is 437 g/mol. The predicted octanol–water partition coefficient (Wildman–Crippen LogP) is 3.34. The number of ketones is 1. The molecule has 10 heteroatoms. The van der Waals surface area contributed by atoms with E-state index in [4.69, 9.17) is 9.47 Å². The molecule has 1 fully saturated rings. The molecule has 3 aromatic rings. The standard InChI is InChI=1S/C21H19N5O4S/c1-12(27)15-7-17-18(30-11-29-17)8-16(15)23-19(28)10-31-21-25-24-20(26(21)14-4-5-14)13-3-2-6-22-9-13/h2-3,6-9,14H,4-5,10-11H2,1H3,(H,23,28). The van der Waals surface area contributed by atoms with E-state index in [2.05, 4.69) is 25.1 Å². The summed E-state index contributed by atoms with van der Waals surface area (Å²) in [7, 11) is 0. The van der Waals surface area contributed by atoms with Crippen molar-refractivity contribution in [1.82, 2.24) is 19.7 Å². The van der Waals surface area contributed by atoms with Crippen LogP contribution in [0.4, 0.5) is 5.69 Å². The summed E-state index contributed by atoms with van der Waals surface area (Å²) in [4.78, 5) is 28.8. The van der Waals surface area contributed by atoms with Crippen LogP contribution in [-0.4, -0.2) is 44.0 Å². The summed E-state index contributed by atoms with van der Waals surface area (Å²) in [5.74, 6) is 1.47. The Labute approximate surface area is 182 Å². The molecule has 1 N–H and O–H groups in total. The van der Waals surface area contributed by atoms with Crippen molar-refractivity contribution in [2.24, 2.45) is 0 Å². The molecular weight excluding hydrogens is 418 g/mol. The van der Waals surface area contributed by atoms with Crippen molar-refractivity contribution in [3.05, 3.63) is 42.2 Å². The normalized spacial score (nSPS) is 14.5. The van der Waals surface area contributed by atoms with Gasteiger partial charge in [-0.1, -0.05) is 11.8 Å². The lowest BCUT2D eigenvalue weighted by atomic mass is 10.1. The number of carbonyl (C=O) groups excluding carboxylic acids is 2. The number of nitrogens with one attached hydrogen (secondary N) is 1. The van der Waals surface area contributed by atoms with Gasteiger partial charge in [0, 0.05) is 35.6 Å². The average Bonchev–Trinajstić information content (AvgIpc) is 3.35. The molecule has 1 aromatic carbocycles. The first-order valence-electron chi connectivity index (χ1n) is 9.82. The predicted molar refractivity (Wildman–Crippen MR) is 113 cm³/mol. The van der Waals surface area contributed by atoms with Crippen molar-refractivity contribution >= 4 is 29.1 Å². The Bertz CT molecular complexity index is 1160. The number of fused-ring (bicyclic) bond motifs is 1. The summed E-state index contributed by atoms with van der Waals surface area (Å²) in [6, 6.07) is 7.36. The van der Waals surface area contributed by atoms with E-state index in [1.807, 2.05) is 12.1 Å². The molecule has 1 aliphatic carbocycles. The molecule has 5 rings (SSSR count). The maximum atomic E-state index is 12.7. The number of aromatic nitrogens is 4. The molecule has 3 heterocycles. The SMILES string of the molecule is CC(=O)c1cc2c(cc1NC(=O)CSc1nnc(-c3cccnc3)n1C1CC1)OCO2. The van der Waals surface area contributed by atoms with E-state index in [-0.39, 0.29) is 24.2 Å². The summed E-state index contributed by atoms with van der Waals surface area (Å²) < 4.78 is 12.8. The third-order valence-electron chi connectivity index (χ3n) is 4.99. The largest absolute Gasteiger partial charge is 0.454 e. The minimum absolute atomic E-state index is 0.0933. The van der Waals surface area contributed by atoms with Gasteiger partial charge in [0.2, 0.25) is 12.7 Å². The van der Waals surface area contributed by atoms with Gasteiger partial charge in [-0.25, -0.2) is 0 Å². The highest BCUT2D eigenvalue weighted by molar-refractivity contribution is 7.99. The van der Waals surface area contributed by atoms with Crippen LogP contribution in [-0.2, 0) is 4.79 Å². The lowest BCUT2D eigenvalue weighted by Crippen LogP contribution is -2.16. The molecule has 2 aliphatic rings. The van der Waals surface area contributed by atoms with Crippen LogP contribution in [0.25, 0.3) is 11.4 Å². The van der Waals surface area contributed by atoms with Gasteiger partial charge in [0.25, 0.3) is 0 Å². The van der Waals surface area contributed by atoms with E-state index in [9.17, 15) is 9.59 Å². The first-order valence-corrected chi connectivity index (χ1v) is 10.8. The van der Waals surface area contributed by atoms with E-state index in [0.717, 1.165) is 24.2 Å². The third kappa shape index (κ3) is 3.98. The van der Waals surface area contributed by atoms with Crippen LogP contribution >= 0.6 is 11.8 Å². The van der Waals surface area contributed by atoms with Crippen molar-refractivity contribution in [2.75, 3.05) is 17.9 Å². The fraction of sp³-hybridized carbons (Fsp3) is 0.286. The maximum absolute atomic E-state index is 12.7. The number of Topliss-reactive ketones (excluding diaryl/α,β-unsaturated/α-hetero) is 1. The molecule has 0 spiro atoms. The highest BCUT2D eigenvalue weighted by Crippen LogP contribution is 2.41. The van der Waals surface area contributed by atoms with Gasteiger partial charge in [-0.15, -0.1) is 10.2 Å². The third-order valence-corrected chi connectivity index (χ3v) is 5.94. The number of pyridine rings is 1. The van der Waals surface area contributed by atoms with Gasteiger partial charge < -0.3 is 14.8 Å². The van der Waals surface area contributed by atoms with Crippen LogP contribution in [0.2, 0.25) is 0 Å². The first-order chi connectivity index (χ1) is 15.1. The summed E-state index contributed by atoms with van der Waals surface area (Å²) in [5, 5.41) is 12.1. The van der Waals surface area contributed by atoms with Crippen molar-refractivity contribution in [1.29, 1.82) is 0 Å². The summed E-state index contributed by atoms with van der Waals surface area (Å²) in [6.07, 6.45) is 5.59. The molecule has 0 saturated heterocycles. The second-order valence-electron chi connectivity index (χ2n) is 7.29. The molecule has 1 saturated carbocycles. The highest BCUT2D eigenvalue weighted by Gasteiger charge is 2.30. The number of hydrogen-bond donors (Lipinski definition) is 1. The minimum atomic E-state index is -0.250. The summed E-state index contributed by atoms with van der Waals surface area (Å²) in [5.41, 5.74) is 1.68. The molecule has 1 amide bonds. The van der Waals surface area contributed by atoms with Crippen LogP contribution in [0.3, 0.4) is 0 Å². The number of anilines is 1. The van der Waals surface area contributed by atoms with E-state index in [0.29, 0.717) is 33.9 Å². The van der Waals surface area contributed by atoms with Crippen LogP contribution in [0.15, 0.2) is 41.8 Å². The first kappa shape index (κ1) is 19.6. The quantitative estimate of drug-likeness (QED) is 0.443. The van der Waals surface area contributed by atoms with Gasteiger partial charge in [0.1, 0.15) is 0 Å². The molecule has 158 valence electrons. The van der Waals surface area contributed by atoms with Crippen molar-refractivity contribution in [3.63, 3.8) is 0 Å². The number of rotatable bonds is 7. The summed E-state index contributed by atoms with van der Waals surface area (Å²) in [6.45, 7) is 1.54. The minimum Gasteiger partial charge on any atom is -0.454 e. The Morgan fingerprint density at radius 1 is 1.23 bits per heavy atom. The van der Waals surface area contributed by atoms with Gasteiger partial charge in [-0.05, 0) is 38.0 Å². The topological polar surface area (TPSA) is 108 Å².